The molecule has 0 unspecified atom stereocenters. The van der Waals surface area contributed by atoms with Gasteiger partial charge in [0.15, 0.2) is 0 Å². The Bertz CT molecular complexity index is 1240. The average Bonchev–Trinajstić information content (AvgIpc) is 2.85. The second-order valence-corrected chi connectivity index (χ2v) is 9.10. The molecule has 0 aromatic heterocycles. The SMILES string of the molecule is CCOc1ccc(N(CCC#N)C(=O)c2cccc(S(=O)(=O)N(C)c3ccccc3)c2)cc1. The minimum Gasteiger partial charge on any atom is -0.494 e. The lowest BCUT2D eigenvalue weighted by molar-refractivity contribution is 0.0987. The number of carbonyl (C=O) groups excluding carboxylic acids is 1. The standard InChI is InChI=1S/C25H25N3O4S/c1-3-32-23-15-13-22(14-16-23)28(18-8-17-26)25(29)20-9-7-12-24(19-20)33(30,31)27(2)21-10-5-4-6-11-21/h4-7,9-16,19H,3,8,18H2,1-2H3. The highest BCUT2D eigenvalue weighted by Gasteiger charge is 2.24. The lowest BCUT2D eigenvalue weighted by atomic mass is 10.1. The summed E-state index contributed by atoms with van der Waals surface area (Å²) in [6.07, 6.45) is 0.133. The van der Waals surface area contributed by atoms with Crippen molar-refractivity contribution in [1.29, 1.82) is 5.26 Å². The minimum atomic E-state index is -3.87. The van der Waals surface area contributed by atoms with Gasteiger partial charge in [-0.25, -0.2) is 8.42 Å². The zero-order valence-electron chi connectivity index (χ0n) is 18.5. The van der Waals surface area contributed by atoms with E-state index >= 15 is 0 Å². The summed E-state index contributed by atoms with van der Waals surface area (Å²) in [6.45, 7) is 2.58. The van der Waals surface area contributed by atoms with Crippen molar-refractivity contribution < 1.29 is 17.9 Å². The topological polar surface area (TPSA) is 90.7 Å². The zero-order chi connectivity index (χ0) is 23.8. The van der Waals surface area contributed by atoms with E-state index in [4.69, 9.17) is 10.00 Å². The van der Waals surface area contributed by atoms with Gasteiger partial charge >= 0.3 is 0 Å². The van der Waals surface area contributed by atoms with Crippen molar-refractivity contribution in [2.45, 2.75) is 18.2 Å². The quantitative estimate of drug-likeness (QED) is 0.467. The Hall–Kier alpha value is -3.83. The van der Waals surface area contributed by atoms with Crippen LogP contribution in [0.2, 0.25) is 0 Å². The number of para-hydroxylation sites is 1. The first kappa shape index (κ1) is 23.8. The van der Waals surface area contributed by atoms with E-state index in [0.717, 1.165) is 0 Å². The molecule has 0 aliphatic carbocycles. The summed E-state index contributed by atoms with van der Waals surface area (Å²) in [5, 5.41) is 9.06. The summed E-state index contributed by atoms with van der Waals surface area (Å²) >= 11 is 0. The van der Waals surface area contributed by atoms with Gasteiger partial charge in [0, 0.05) is 24.8 Å². The number of nitriles is 1. The Labute approximate surface area is 194 Å². The maximum Gasteiger partial charge on any atom is 0.264 e. The number of hydrogen-bond acceptors (Lipinski definition) is 5. The van der Waals surface area contributed by atoms with Crippen molar-refractivity contribution in [2.75, 3.05) is 29.4 Å². The molecule has 0 aliphatic rings. The fourth-order valence-corrected chi connectivity index (χ4v) is 4.52. The fourth-order valence-electron chi connectivity index (χ4n) is 3.28. The van der Waals surface area contributed by atoms with Crippen molar-refractivity contribution in [3.8, 4) is 11.8 Å². The molecule has 170 valence electrons. The Morgan fingerprint density at radius 1 is 0.970 bits per heavy atom. The van der Waals surface area contributed by atoms with Crippen molar-refractivity contribution in [2.24, 2.45) is 0 Å². The molecule has 33 heavy (non-hydrogen) atoms. The Kier molecular flexibility index (Phi) is 7.70. The highest BCUT2D eigenvalue weighted by atomic mass is 32.2. The molecule has 0 bridgehead atoms. The van der Waals surface area contributed by atoms with Crippen molar-refractivity contribution >= 4 is 27.3 Å². The molecule has 8 heteroatoms. The van der Waals surface area contributed by atoms with Crippen molar-refractivity contribution in [3.63, 3.8) is 0 Å². The number of sulfonamides is 1. The van der Waals surface area contributed by atoms with E-state index in [0.29, 0.717) is 23.7 Å². The van der Waals surface area contributed by atoms with Gasteiger partial charge in [-0.15, -0.1) is 0 Å². The molecule has 0 spiro atoms. The fraction of sp³-hybridized carbons (Fsp3) is 0.200. The van der Waals surface area contributed by atoms with Crippen LogP contribution in [0.15, 0.2) is 83.8 Å². The summed E-state index contributed by atoms with van der Waals surface area (Å²) in [4.78, 5) is 14.8. The Balaban J connectivity index is 1.93. The first-order valence-corrected chi connectivity index (χ1v) is 11.9. The lowest BCUT2D eigenvalue weighted by Crippen LogP contribution is -2.32. The summed E-state index contributed by atoms with van der Waals surface area (Å²) in [7, 11) is -2.40. The molecular formula is C25H25N3O4S. The van der Waals surface area contributed by atoms with E-state index < -0.39 is 15.9 Å². The van der Waals surface area contributed by atoms with E-state index in [9.17, 15) is 13.2 Å². The van der Waals surface area contributed by atoms with E-state index in [1.54, 1.807) is 66.7 Å². The largest absolute Gasteiger partial charge is 0.494 e. The zero-order valence-corrected chi connectivity index (χ0v) is 19.3. The van der Waals surface area contributed by atoms with Crippen molar-refractivity contribution in [1.82, 2.24) is 0 Å². The third-order valence-corrected chi connectivity index (χ3v) is 6.79. The number of ether oxygens (including phenoxy) is 1. The first-order chi connectivity index (χ1) is 15.9. The van der Waals surface area contributed by atoms with Gasteiger partial charge in [-0.3, -0.25) is 9.10 Å². The van der Waals surface area contributed by atoms with Crippen LogP contribution in [0, 0.1) is 11.3 Å². The van der Waals surface area contributed by atoms with Gasteiger partial charge in [-0.05, 0) is 61.5 Å². The molecule has 0 heterocycles. The minimum absolute atomic E-state index is 0.00614. The highest BCUT2D eigenvalue weighted by Crippen LogP contribution is 2.25. The van der Waals surface area contributed by atoms with E-state index in [1.807, 2.05) is 6.92 Å². The summed E-state index contributed by atoms with van der Waals surface area (Å²) in [5.74, 6) is 0.278. The van der Waals surface area contributed by atoms with E-state index in [1.165, 1.54) is 28.4 Å². The van der Waals surface area contributed by atoms with Crippen LogP contribution >= 0.6 is 0 Å². The molecule has 3 aromatic rings. The van der Waals surface area contributed by atoms with Gasteiger partial charge in [-0.1, -0.05) is 24.3 Å². The Morgan fingerprint density at radius 2 is 1.67 bits per heavy atom. The molecule has 0 saturated heterocycles. The summed E-state index contributed by atoms with van der Waals surface area (Å²) < 4.78 is 33.0. The number of anilines is 2. The molecule has 0 atom stereocenters. The number of amides is 1. The summed E-state index contributed by atoms with van der Waals surface area (Å²) in [5.41, 5.74) is 1.32. The number of hydrogen-bond donors (Lipinski definition) is 0. The first-order valence-electron chi connectivity index (χ1n) is 10.4. The molecule has 3 rings (SSSR count). The number of nitrogens with zero attached hydrogens (tertiary/aromatic N) is 3. The second kappa shape index (κ2) is 10.7. The molecule has 3 aromatic carbocycles. The molecule has 0 saturated carbocycles. The molecule has 0 radical (unpaired) electrons. The number of carbonyl (C=O) groups is 1. The Morgan fingerprint density at radius 3 is 2.30 bits per heavy atom. The van der Waals surface area contributed by atoms with Gasteiger partial charge in [0.2, 0.25) is 0 Å². The van der Waals surface area contributed by atoms with Crippen LogP contribution < -0.4 is 13.9 Å². The maximum absolute atomic E-state index is 13.4. The monoisotopic (exact) mass is 463 g/mol. The van der Waals surface area contributed by atoms with Crippen LogP contribution in [0.25, 0.3) is 0 Å². The van der Waals surface area contributed by atoms with Crippen molar-refractivity contribution in [3.05, 3.63) is 84.4 Å². The van der Waals surface area contributed by atoms with Gasteiger partial charge in [-0.2, -0.15) is 5.26 Å². The number of benzene rings is 3. The van der Waals surface area contributed by atoms with Gasteiger partial charge in [0.25, 0.3) is 15.9 Å². The van der Waals surface area contributed by atoms with Crippen LogP contribution in [0.3, 0.4) is 0 Å². The van der Waals surface area contributed by atoms with Crippen LogP contribution in [0.1, 0.15) is 23.7 Å². The lowest BCUT2D eigenvalue weighted by Gasteiger charge is -2.23. The molecule has 0 fully saturated rings. The van der Waals surface area contributed by atoms with Gasteiger partial charge in [0.05, 0.1) is 29.7 Å². The predicted molar refractivity (Wildman–Crippen MR) is 128 cm³/mol. The molecule has 0 N–H and O–H groups in total. The normalized spacial score (nSPS) is 10.8. The molecule has 1 amide bonds. The molecule has 7 nitrogen and oxygen atoms in total. The van der Waals surface area contributed by atoms with Crippen LogP contribution in [-0.4, -0.2) is 34.5 Å². The number of rotatable bonds is 9. The highest BCUT2D eigenvalue weighted by molar-refractivity contribution is 7.92. The third kappa shape index (κ3) is 5.51. The van der Waals surface area contributed by atoms with Gasteiger partial charge < -0.3 is 9.64 Å². The van der Waals surface area contributed by atoms with Crippen LogP contribution in [0.4, 0.5) is 11.4 Å². The second-order valence-electron chi connectivity index (χ2n) is 7.13. The maximum atomic E-state index is 13.4. The predicted octanol–water partition coefficient (Wildman–Crippen LogP) is 4.47. The van der Waals surface area contributed by atoms with E-state index in [-0.39, 0.29) is 23.4 Å². The molecular weight excluding hydrogens is 438 g/mol. The van der Waals surface area contributed by atoms with Gasteiger partial charge in [0.1, 0.15) is 5.75 Å². The molecule has 0 aliphatic heterocycles. The summed E-state index contributed by atoms with van der Waals surface area (Å²) in [6, 6.07) is 23.7. The van der Waals surface area contributed by atoms with Crippen LogP contribution in [-0.2, 0) is 10.0 Å². The van der Waals surface area contributed by atoms with E-state index in [2.05, 4.69) is 6.07 Å². The smallest absolute Gasteiger partial charge is 0.264 e. The average molecular weight is 464 g/mol. The third-order valence-electron chi connectivity index (χ3n) is 5.01. The van der Waals surface area contributed by atoms with Crippen LogP contribution in [0.5, 0.6) is 5.75 Å².